The molecule has 3 N–H and O–H groups in total. The quantitative estimate of drug-likeness (QED) is 0.591. The summed E-state index contributed by atoms with van der Waals surface area (Å²) >= 11 is 0. The van der Waals surface area contributed by atoms with Gasteiger partial charge in [0.1, 0.15) is 17.1 Å². The van der Waals surface area contributed by atoms with Crippen molar-refractivity contribution >= 4 is 11.9 Å². The summed E-state index contributed by atoms with van der Waals surface area (Å²) in [4.78, 5) is 13.0. The lowest BCUT2D eigenvalue weighted by Crippen LogP contribution is -2.29. The minimum absolute atomic E-state index is 0.0261. The Morgan fingerprint density at radius 2 is 1.71 bits per heavy atom. The van der Waals surface area contributed by atoms with E-state index in [1.165, 1.54) is 12.1 Å². The molecule has 24 heavy (non-hydrogen) atoms. The van der Waals surface area contributed by atoms with E-state index in [-0.39, 0.29) is 34.3 Å². The highest BCUT2D eigenvalue weighted by Gasteiger charge is 2.34. The van der Waals surface area contributed by atoms with Gasteiger partial charge in [-0.25, -0.2) is 0 Å². The Morgan fingerprint density at radius 3 is 2.46 bits per heavy atom. The summed E-state index contributed by atoms with van der Waals surface area (Å²) in [7, 11) is 0. The highest BCUT2D eigenvalue weighted by Crippen LogP contribution is 2.46. The molecule has 1 aliphatic heterocycles. The first-order chi connectivity index (χ1) is 11.3. The normalized spacial score (nSPS) is 16.8. The van der Waals surface area contributed by atoms with E-state index in [0.29, 0.717) is 28.7 Å². The molecule has 5 heteroatoms. The van der Waals surface area contributed by atoms with Gasteiger partial charge in [-0.3, -0.25) is 4.79 Å². The molecule has 5 nitrogen and oxygen atoms in total. The van der Waals surface area contributed by atoms with E-state index in [2.05, 4.69) is 0 Å². The van der Waals surface area contributed by atoms with Crippen LogP contribution in [0.5, 0.6) is 23.0 Å². The number of phenolic OH excluding ortho intramolecular Hbond substituents is 3. The van der Waals surface area contributed by atoms with E-state index < -0.39 is 5.60 Å². The van der Waals surface area contributed by atoms with Gasteiger partial charge in [0, 0.05) is 17.2 Å². The van der Waals surface area contributed by atoms with Crippen molar-refractivity contribution in [3.63, 3.8) is 0 Å². The van der Waals surface area contributed by atoms with E-state index in [0.717, 1.165) is 6.07 Å². The van der Waals surface area contributed by atoms with Crippen LogP contribution in [0.1, 0.15) is 46.5 Å². The fourth-order valence-corrected chi connectivity index (χ4v) is 3.38. The Labute approximate surface area is 138 Å². The second-order valence-electron chi connectivity index (χ2n) is 6.72. The third-order valence-corrected chi connectivity index (χ3v) is 4.41. The van der Waals surface area contributed by atoms with Crippen molar-refractivity contribution in [1.82, 2.24) is 0 Å². The summed E-state index contributed by atoms with van der Waals surface area (Å²) in [5.74, 6) is -0.441. The number of phenols is 3. The maximum Gasteiger partial charge on any atom is 0.198 e. The Bertz CT molecular complexity index is 938. The van der Waals surface area contributed by atoms with Gasteiger partial charge in [-0.05, 0) is 49.6 Å². The van der Waals surface area contributed by atoms with Crippen LogP contribution in [0, 0.1) is 0 Å². The van der Waals surface area contributed by atoms with Crippen LogP contribution in [0.25, 0.3) is 6.08 Å². The Balaban J connectivity index is 1.98. The molecule has 0 saturated carbocycles. The maximum absolute atomic E-state index is 13.0. The van der Waals surface area contributed by atoms with Crippen LogP contribution in [-0.4, -0.2) is 26.7 Å². The molecule has 0 radical (unpaired) electrons. The molecule has 0 fully saturated rings. The number of benzene rings is 2. The number of rotatable bonds is 0. The average molecular weight is 324 g/mol. The molecule has 0 saturated heterocycles. The van der Waals surface area contributed by atoms with Gasteiger partial charge in [0.2, 0.25) is 0 Å². The van der Waals surface area contributed by atoms with Gasteiger partial charge >= 0.3 is 0 Å². The van der Waals surface area contributed by atoms with Crippen molar-refractivity contribution in [2.24, 2.45) is 0 Å². The first kappa shape index (κ1) is 14.6. The fraction of sp³-hybridized carbons (Fsp3) is 0.211. The van der Waals surface area contributed by atoms with Crippen LogP contribution in [0.3, 0.4) is 0 Å². The molecule has 0 amide bonds. The highest BCUT2D eigenvalue weighted by molar-refractivity contribution is 6.16. The van der Waals surface area contributed by atoms with Crippen molar-refractivity contribution in [2.45, 2.75) is 25.9 Å². The summed E-state index contributed by atoms with van der Waals surface area (Å²) < 4.78 is 5.81. The number of hydrogen-bond donors (Lipinski definition) is 3. The second-order valence-corrected chi connectivity index (χ2v) is 6.72. The van der Waals surface area contributed by atoms with Crippen LogP contribution in [-0.2, 0) is 6.42 Å². The molecule has 0 bridgehead atoms. The molecular formula is C19H16O5. The third kappa shape index (κ3) is 1.98. The van der Waals surface area contributed by atoms with Crippen LogP contribution in [0.4, 0.5) is 0 Å². The maximum atomic E-state index is 13.0. The monoisotopic (exact) mass is 324 g/mol. The number of hydrogen-bond acceptors (Lipinski definition) is 5. The van der Waals surface area contributed by atoms with E-state index in [9.17, 15) is 20.1 Å². The first-order valence-corrected chi connectivity index (χ1v) is 7.63. The molecule has 0 aromatic heterocycles. The van der Waals surface area contributed by atoms with Gasteiger partial charge in [0.15, 0.2) is 17.3 Å². The number of ketones is 1. The summed E-state index contributed by atoms with van der Waals surface area (Å²) in [6.45, 7) is 3.72. The summed E-state index contributed by atoms with van der Waals surface area (Å²) in [5.41, 5.74) is 1.72. The lowest BCUT2D eigenvalue weighted by atomic mass is 9.80. The van der Waals surface area contributed by atoms with Crippen LogP contribution in [0.2, 0.25) is 0 Å². The molecule has 1 aliphatic carbocycles. The number of carbonyl (C=O) groups excluding carboxylic acids is 1. The Kier molecular flexibility index (Phi) is 2.77. The molecule has 2 aliphatic rings. The van der Waals surface area contributed by atoms with Gasteiger partial charge in [0.05, 0.1) is 5.56 Å². The topological polar surface area (TPSA) is 87.0 Å². The van der Waals surface area contributed by atoms with Gasteiger partial charge < -0.3 is 20.1 Å². The SMILES string of the molecule is CC1(C)C=Cc2c(c(O)cc3c2C(=O)c2c(O)cc(O)cc2C3)O1. The van der Waals surface area contributed by atoms with E-state index in [1.54, 1.807) is 6.08 Å². The molecule has 2 aromatic rings. The number of carbonyl (C=O) groups is 1. The molecule has 0 atom stereocenters. The number of fused-ring (bicyclic) bond motifs is 4. The Morgan fingerprint density at radius 1 is 1.00 bits per heavy atom. The fourth-order valence-electron chi connectivity index (χ4n) is 3.38. The smallest absolute Gasteiger partial charge is 0.198 e. The zero-order valence-electron chi connectivity index (χ0n) is 13.3. The van der Waals surface area contributed by atoms with Crippen molar-refractivity contribution in [1.29, 1.82) is 0 Å². The molecular weight excluding hydrogens is 308 g/mol. The van der Waals surface area contributed by atoms with Gasteiger partial charge in [0.25, 0.3) is 0 Å². The lowest BCUT2D eigenvalue weighted by Gasteiger charge is -2.31. The summed E-state index contributed by atoms with van der Waals surface area (Å²) in [5, 5.41) is 30.1. The minimum Gasteiger partial charge on any atom is -0.508 e. The Hall–Kier alpha value is -2.95. The van der Waals surface area contributed by atoms with Crippen LogP contribution < -0.4 is 4.74 Å². The summed E-state index contributed by atoms with van der Waals surface area (Å²) in [6.07, 6.45) is 3.93. The molecule has 2 aromatic carbocycles. The molecule has 0 spiro atoms. The minimum atomic E-state index is -0.581. The molecule has 122 valence electrons. The standard InChI is InChI=1S/C19H16O5/c1-19(2)4-3-12-15-10(7-14(22)18(12)24-19)5-9-6-11(20)8-13(21)16(9)17(15)23/h3-4,6-8,20-22H,5H2,1-2H3. The van der Waals surface area contributed by atoms with Gasteiger partial charge in [-0.2, -0.15) is 0 Å². The van der Waals surface area contributed by atoms with Crippen molar-refractivity contribution in [2.75, 3.05) is 0 Å². The van der Waals surface area contributed by atoms with E-state index in [1.807, 2.05) is 19.9 Å². The lowest BCUT2D eigenvalue weighted by molar-refractivity contribution is 0.102. The summed E-state index contributed by atoms with van der Waals surface area (Å²) in [6, 6.07) is 4.14. The zero-order valence-corrected chi connectivity index (χ0v) is 13.3. The van der Waals surface area contributed by atoms with Crippen molar-refractivity contribution in [3.8, 4) is 23.0 Å². The van der Waals surface area contributed by atoms with Crippen molar-refractivity contribution < 1.29 is 24.9 Å². The molecule has 4 rings (SSSR count). The highest BCUT2D eigenvalue weighted by atomic mass is 16.5. The largest absolute Gasteiger partial charge is 0.508 e. The predicted octanol–water partition coefficient (Wildman–Crippen LogP) is 3.12. The predicted molar refractivity (Wildman–Crippen MR) is 87.9 cm³/mol. The number of aromatic hydroxyl groups is 3. The van der Waals surface area contributed by atoms with Gasteiger partial charge in [-0.1, -0.05) is 6.08 Å². The van der Waals surface area contributed by atoms with E-state index >= 15 is 0 Å². The number of ether oxygens (including phenoxy) is 1. The second kappa shape index (κ2) is 4.54. The zero-order chi connectivity index (χ0) is 17.2. The van der Waals surface area contributed by atoms with Crippen molar-refractivity contribution in [3.05, 3.63) is 52.1 Å². The van der Waals surface area contributed by atoms with Gasteiger partial charge in [-0.15, -0.1) is 0 Å². The molecule has 0 unspecified atom stereocenters. The first-order valence-electron chi connectivity index (χ1n) is 7.63. The molecule has 1 heterocycles. The van der Waals surface area contributed by atoms with Crippen LogP contribution >= 0.6 is 0 Å². The van der Waals surface area contributed by atoms with E-state index in [4.69, 9.17) is 4.74 Å². The third-order valence-electron chi connectivity index (χ3n) is 4.41. The average Bonchev–Trinajstić information content (AvgIpc) is 2.46. The van der Waals surface area contributed by atoms with Crippen LogP contribution in [0.15, 0.2) is 24.3 Å².